The standard InChI is InChI=1S/C16H12ClNO4/c17-9-10-4-5-13-11(7-10)8-12(15(19)21-13)16(20)22-14-3-1-2-6-18-14/h1-6,8,11H,7,9H2. The van der Waals surface area contributed by atoms with Crippen molar-refractivity contribution < 1.29 is 19.1 Å². The Labute approximate surface area is 131 Å². The van der Waals surface area contributed by atoms with Gasteiger partial charge < -0.3 is 9.47 Å². The first-order chi connectivity index (χ1) is 10.7. The summed E-state index contributed by atoms with van der Waals surface area (Å²) in [6.45, 7) is 0. The quantitative estimate of drug-likeness (QED) is 0.487. The van der Waals surface area contributed by atoms with Crippen LogP contribution in [0.4, 0.5) is 0 Å². The largest absolute Gasteiger partial charge is 0.427 e. The predicted octanol–water partition coefficient (Wildman–Crippen LogP) is 2.54. The summed E-state index contributed by atoms with van der Waals surface area (Å²) in [5.41, 5.74) is 0.894. The molecule has 5 nitrogen and oxygen atoms in total. The second-order valence-corrected chi connectivity index (χ2v) is 5.13. The molecule has 0 bridgehead atoms. The van der Waals surface area contributed by atoms with E-state index in [1.807, 2.05) is 6.08 Å². The van der Waals surface area contributed by atoms with E-state index < -0.39 is 11.9 Å². The van der Waals surface area contributed by atoms with Crippen molar-refractivity contribution in [3.8, 4) is 5.88 Å². The summed E-state index contributed by atoms with van der Waals surface area (Å²) in [4.78, 5) is 27.9. The summed E-state index contributed by atoms with van der Waals surface area (Å²) in [5, 5.41) is 0. The van der Waals surface area contributed by atoms with E-state index in [9.17, 15) is 9.59 Å². The molecule has 0 saturated heterocycles. The van der Waals surface area contributed by atoms with Crippen LogP contribution in [0.2, 0.25) is 0 Å². The van der Waals surface area contributed by atoms with E-state index >= 15 is 0 Å². The molecular weight excluding hydrogens is 306 g/mol. The zero-order chi connectivity index (χ0) is 15.5. The van der Waals surface area contributed by atoms with E-state index in [1.54, 1.807) is 24.3 Å². The molecular formula is C16H12ClNO4. The molecule has 1 aliphatic heterocycles. The number of rotatable bonds is 3. The van der Waals surface area contributed by atoms with E-state index in [4.69, 9.17) is 21.1 Å². The molecule has 0 fully saturated rings. The molecule has 0 aromatic carbocycles. The molecule has 0 spiro atoms. The van der Waals surface area contributed by atoms with Gasteiger partial charge in [0.15, 0.2) is 0 Å². The van der Waals surface area contributed by atoms with Gasteiger partial charge in [-0.05, 0) is 18.6 Å². The molecule has 0 amide bonds. The highest BCUT2D eigenvalue weighted by molar-refractivity contribution is 6.19. The van der Waals surface area contributed by atoms with Crippen LogP contribution in [0.3, 0.4) is 0 Å². The van der Waals surface area contributed by atoms with Crippen LogP contribution in [0, 0.1) is 5.92 Å². The Morgan fingerprint density at radius 2 is 2.27 bits per heavy atom. The average Bonchev–Trinajstić information content (AvgIpc) is 2.54. The molecule has 0 N–H and O–H groups in total. The minimum absolute atomic E-state index is 0.122. The smallest absolute Gasteiger partial charge is 0.352 e. The Kier molecular flexibility index (Phi) is 4.06. The number of carbonyl (C=O) groups is 2. The number of allylic oxidation sites excluding steroid dienone is 4. The normalized spacial score (nSPS) is 20.1. The number of esters is 2. The number of hydrogen-bond acceptors (Lipinski definition) is 5. The molecule has 0 saturated carbocycles. The van der Waals surface area contributed by atoms with Crippen molar-refractivity contribution in [2.24, 2.45) is 5.92 Å². The van der Waals surface area contributed by atoms with Crippen molar-refractivity contribution in [2.45, 2.75) is 6.42 Å². The zero-order valence-electron chi connectivity index (χ0n) is 11.5. The highest BCUT2D eigenvalue weighted by Crippen LogP contribution is 2.33. The second kappa shape index (κ2) is 6.15. The number of fused-ring (bicyclic) bond motifs is 1. The van der Waals surface area contributed by atoms with Gasteiger partial charge >= 0.3 is 11.9 Å². The highest BCUT2D eigenvalue weighted by atomic mass is 35.5. The molecule has 2 aliphatic rings. The number of aromatic nitrogens is 1. The summed E-state index contributed by atoms with van der Waals surface area (Å²) in [6, 6.07) is 4.92. The fourth-order valence-corrected chi connectivity index (χ4v) is 2.46. The molecule has 1 aromatic heterocycles. The Hall–Kier alpha value is -2.40. The van der Waals surface area contributed by atoms with Crippen LogP contribution in [0.15, 0.2) is 59.5 Å². The summed E-state index contributed by atoms with van der Waals surface area (Å²) < 4.78 is 10.3. The fourth-order valence-electron chi connectivity index (χ4n) is 2.26. The summed E-state index contributed by atoms with van der Waals surface area (Å²) in [6.07, 6.45) is 7.22. The van der Waals surface area contributed by atoms with Gasteiger partial charge in [-0.1, -0.05) is 23.8 Å². The first kappa shape index (κ1) is 14.5. The maximum Gasteiger partial charge on any atom is 0.352 e. The van der Waals surface area contributed by atoms with Crippen molar-refractivity contribution in [2.75, 3.05) is 5.88 Å². The first-order valence-corrected chi connectivity index (χ1v) is 7.23. The number of pyridine rings is 1. The van der Waals surface area contributed by atoms with Gasteiger partial charge in [-0.2, -0.15) is 0 Å². The minimum atomic E-state index is -0.773. The minimum Gasteiger partial charge on any atom is -0.427 e. The van der Waals surface area contributed by atoms with Crippen molar-refractivity contribution in [3.05, 3.63) is 59.5 Å². The Morgan fingerprint density at radius 3 is 3.00 bits per heavy atom. The Balaban J connectivity index is 1.81. The van der Waals surface area contributed by atoms with Gasteiger partial charge in [0.05, 0.1) is 0 Å². The van der Waals surface area contributed by atoms with E-state index in [2.05, 4.69) is 4.98 Å². The molecule has 0 radical (unpaired) electrons. The van der Waals surface area contributed by atoms with Crippen LogP contribution in [0.25, 0.3) is 0 Å². The summed E-state index contributed by atoms with van der Waals surface area (Å²) >= 11 is 5.82. The topological polar surface area (TPSA) is 65.5 Å². The molecule has 22 heavy (non-hydrogen) atoms. The lowest BCUT2D eigenvalue weighted by atomic mass is 9.89. The van der Waals surface area contributed by atoms with E-state index in [1.165, 1.54) is 12.3 Å². The third-order valence-corrected chi connectivity index (χ3v) is 3.70. The zero-order valence-corrected chi connectivity index (χ0v) is 12.2. The van der Waals surface area contributed by atoms with Gasteiger partial charge in [-0.25, -0.2) is 14.6 Å². The second-order valence-electron chi connectivity index (χ2n) is 4.87. The predicted molar refractivity (Wildman–Crippen MR) is 79.0 cm³/mol. The third kappa shape index (κ3) is 2.94. The first-order valence-electron chi connectivity index (χ1n) is 6.70. The van der Waals surface area contributed by atoms with Crippen molar-refractivity contribution in [3.63, 3.8) is 0 Å². The van der Waals surface area contributed by atoms with Gasteiger partial charge in [0.25, 0.3) is 0 Å². The lowest BCUT2D eigenvalue weighted by Gasteiger charge is -2.25. The Bertz CT molecular complexity index is 706. The van der Waals surface area contributed by atoms with Crippen LogP contribution < -0.4 is 4.74 Å². The van der Waals surface area contributed by atoms with Gasteiger partial charge in [0.1, 0.15) is 11.3 Å². The lowest BCUT2D eigenvalue weighted by molar-refractivity contribution is -0.142. The molecule has 3 rings (SSSR count). The highest BCUT2D eigenvalue weighted by Gasteiger charge is 2.33. The van der Waals surface area contributed by atoms with E-state index in [0.29, 0.717) is 18.1 Å². The molecule has 6 heteroatoms. The average molecular weight is 318 g/mol. The van der Waals surface area contributed by atoms with Crippen molar-refractivity contribution in [1.29, 1.82) is 0 Å². The van der Waals surface area contributed by atoms with Gasteiger partial charge in [-0.3, -0.25) is 0 Å². The molecule has 1 atom stereocenters. The monoisotopic (exact) mass is 317 g/mol. The summed E-state index contributed by atoms with van der Waals surface area (Å²) in [5.74, 6) is -0.616. The number of nitrogens with zero attached hydrogens (tertiary/aromatic N) is 1. The molecule has 1 unspecified atom stereocenters. The number of hydrogen-bond donors (Lipinski definition) is 0. The maximum atomic E-state index is 12.1. The van der Waals surface area contributed by atoms with Crippen LogP contribution in [-0.2, 0) is 14.3 Å². The number of alkyl halides is 1. The van der Waals surface area contributed by atoms with Crippen LogP contribution in [0.5, 0.6) is 5.88 Å². The van der Waals surface area contributed by atoms with E-state index in [0.717, 1.165) is 5.57 Å². The molecule has 1 aliphatic carbocycles. The van der Waals surface area contributed by atoms with E-state index in [-0.39, 0.29) is 17.4 Å². The molecule has 1 aromatic rings. The maximum absolute atomic E-state index is 12.1. The van der Waals surface area contributed by atoms with Gasteiger partial charge in [0.2, 0.25) is 5.88 Å². The Morgan fingerprint density at radius 1 is 1.41 bits per heavy atom. The molecule has 112 valence electrons. The fraction of sp³-hybridized carbons (Fsp3) is 0.188. The summed E-state index contributed by atoms with van der Waals surface area (Å²) in [7, 11) is 0. The van der Waals surface area contributed by atoms with Crippen LogP contribution in [-0.4, -0.2) is 22.8 Å². The number of carbonyl (C=O) groups excluding carboxylic acids is 2. The van der Waals surface area contributed by atoms with Gasteiger partial charge in [-0.15, -0.1) is 11.6 Å². The number of ether oxygens (including phenoxy) is 2. The van der Waals surface area contributed by atoms with Crippen molar-refractivity contribution >= 4 is 23.5 Å². The van der Waals surface area contributed by atoms with Crippen LogP contribution in [0.1, 0.15) is 6.42 Å². The molecule has 2 heterocycles. The lowest BCUT2D eigenvalue weighted by Crippen LogP contribution is -2.28. The van der Waals surface area contributed by atoms with Crippen LogP contribution >= 0.6 is 11.6 Å². The number of halogens is 1. The van der Waals surface area contributed by atoms with Gasteiger partial charge in [0, 0.05) is 24.1 Å². The third-order valence-electron chi connectivity index (χ3n) is 3.36. The SMILES string of the molecule is O=C1OC2=CC=C(CCl)CC2C=C1C(=O)Oc1ccccn1. The van der Waals surface area contributed by atoms with Crippen molar-refractivity contribution in [1.82, 2.24) is 4.98 Å².